The molecule has 2 rings (SSSR count). The molecule has 1 aromatic heterocycles. The molecule has 72 valence electrons. The Morgan fingerprint density at radius 2 is 2.62 bits per heavy atom. The second-order valence-electron chi connectivity index (χ2n) is 3.16. The smallest absolute Gasteiger partial charge is 0.148 e. The van der Waals surface area contributed by atoms with Gasteiger partial charge in [0.25, 0.3) is 0 Å². The third kappa shape index (κ3) is 1.99. The summed E-state index contributed by atoms with van der Waals surface area (Å²) in [4.78, 5) is 0. The topological polar surface area (TPSA) is 30.7 Å². The highest BCUT2D eigenvalue weighted by molar-refractivity contribution is 7.99. The van der Waals surface area contributed by atoms with Crippen molar-refractivity contribution < 1.29 is 0 Å². The van der Waals surface area contributed by atoms with Crippen LogP contribution in [0.2, 0.25) is 0 Å². The summed E-state index contributed by atoms with van der Waals surface area (Å²) in [7, 11) is 0. The fourth-order valence-corrected chi connectivity index (χ4v) is 2.94. The van der Waals surface area contributed by atoms with Crippen molar-refractivity contribution in [3.05, 3.63) is 12.2 Å². The fourth-order valence-electron chi connectivity index (χ4n) is 1.61. The normalized spacial score (nSPS) is 23.3. The summed E-state index contributed by atoms with van der Waals surface area (Å²) >= 11 is 7.76. The molecule has 1 atom stereocenters. The number of hydrogen-bond donors (Lipinski definition) is 0. The second-order valence-corrected chi connectivity index (χ2v) is 4.58. The molecule has 0 aromatic carbocycles. The number of hydrogen-bond acceptors (Lipinski definition) is 3. The van der Waals surface area contributed by atoms with Crippen LogP contribution in [-0.4, -0.2) is 26.3 Å². The molecule has 1 aliphatic heterocycles. The number of aromatic nitrogens is 3. The van der Waals surface area contributed by atoms with Crippen LogP contribution < -0.4 is 0 Å². The van der Waals surface area contributed by atoms with Crippen LogP contribution in [0.5, 0.6) is 0 Å². The van der Waals surface area contributed by atoms with Gasteiger partial charge in [0.05, 0.1) is 5.88 Å². The molecule has 0 aliphatic carbocycles. The predicted octanol–water partition coefficient (Wildman–Crippen LogP) is 2.08. The maximum absolute atomic E-state index is 5.76. The van der Waals surface area contributed by atoms with Gasteiger partial charge in [-0.1, -0.05) is 0 Å². The molecule has 1 unspecified atom stereocenters. The van der Waals surface area contributed by atoms with Crippen LogP contribution in [0.25, 0.3) is 0 Å². The molecule has 1 aromatic rings. The van der Waals surface area contributed by atoms with E-state index in [9.17, 15) is 0 Å². The summed E-state index contributed by atoms with van der Waals surface area (Å²) in [5.41, 5.74) is 0. The van der Waals surface area contributed by atoms with Gasteiger partial charge < -0.3 is 4.57 Å². The second kappa shape index (κ2) is 4.33. The van der Waals surface area contributed by atoms with Gasteiger partial charge >= 0.3 is 0 Å². The van der Waals surface area contributed by atoms with Crippen LogP contribution in [-0.2, 0) is 5.88 Å². The summed E-state index contributed by atoms with van der Waals surface area (Å²) in [6.45, 7) is 0. The van der Waals surface area contributed by atoms with Crippen molar-refractivity contribution in [2.45, 2.75) is 24.8 Å². The van der Waals surface area contributed by atoms with E-state index in [1.54, 1.807) is 6.33 Å². The van der Waals surface area contributed by atoms with E-state index in [0.29, 0.717) is 11.9 Å². The van der Waals surface area contributed by atoms with Gasteiger partial charge in [0.2, 0.25) is 0 Å². The van der Waals surface area contributed by atoms with E-state index in [-0.39, 0.29) is 0 Å². The van der Waals surface area contributed by atoms with Gasteiger partial charge in [-0.25, -0.2) is 0 Å². The van der Waals surface area contributed by atoms with E-state index in [0.717, 1.165) is 5.82 Å². The van der Waals surface area contributed by atoms with E-state index in [2.05, 4.69) is 14.8 Å². The first-order chi connectivity index (χ1) is 6.42. The van der Waals surface area contributed by atoms with Crippen molar-refractivity contribution in [2.75, 3.05) is 11.5 Å². The lowest BCUT2D eigenvalue weighted by atomic mass is 10.2. The van der Waals surface area contributed by atoms with Crippen molar-refractivity contribution >= 4 is 23.4 Å². The lowest BCUT2D eigenvalue weighted by Gasteiger charge is -2.23. The molecule has 13 heavy (non-hydrogen) atoms. The number of halogens is 1. The lowest BCUT2D eigenvalue weighted by Crippen LogP contribution is -2.17. The fraction of sp³-hybridized carbons (Fsp3) is 0.750. The highest BCUT2D eigenvalue weighted by Gasteiger charge is 2.17. The Kier molecular flexibility index (Phi) is 3.11. The zero-order valence-electron chi connectivity index (χ0n) is 7.32. The van der Waals surface area contributed by atoms with Crippen molar-refractivity contribution in [1.82, 2.24) is 14.8 Å². The maximum atomic E-state index is 5.76. The Hall–Kier alpha value is -0.220. The predicted molar refractivity (Wildman–Crippen MR) is 55.2 cm³/mol. The van der Waals surface area contributed by atoms with E-state index < -0.39 is 0 Å². The van der Waals surface area contributed by atoms with Crippen LogP contribution in [0.1, 0.15) is 24.7 Å². The number of rotatable bonds is 2. The van der Waals surface area contributed by atoms with E-state index >= 15 is 0 Å². The van der Waals surface area contributed by atoms with E-state index in [4.69, 9.17) is 11.6 Å². The molecular formula is C8H12ClN3S. The molecule has 0 N–H and O–H groups in total. The van der Waals surface area contributed by atoms with Crippen LogP contribution in [0.3, 0.4) is 0 Å². The van der Waals surface area contributed by atoms with Crippen molar-refractivity contribution in [3.8, 4) is 0 Å². The van der Waals surface area contributed by atoms with Crippen LogP contribution in [0, 0.1) is 0 Å². The molecular weight excluding hydrogens is 206 g/mol. The summed E-state index contributed by atoms with van der Waals surface area (Å²) in [5.74, 6) is 3.81. The maximum Gasteiger partial charge on any atom is 0.148 e. The molecule has 2 heterocycles. The Morgan fingerprint density at radius 1 is 1.69 bits per heavy atom. The third-order valence-electron chi connectivity index (χ3n) is 2.30. The molecule has 5 heteroatoms. The van der Waals surface area contributed by atoms with Gasteiger partial charge in [0, 0.05) is 11.8 Å². The van der Waals surface area contributed by atoms with E-state index in [1.165, 1.54) is 24.3 Å². The molecule has 3 nitrogen and oxygen atoms in total. The minimum atomic E-state index is 0.459. The quantitative estimate of drug-likeness (QED) is 0.711. The minimum Gasteiger partial charge on any atom is -0.313 e. The third-order valence-corrected chi connectivity index (χ3v) is 3.73. The Bertz CT molecular complexity index is 270. The molecule has 0 spiro atoms. The average Bonchev–Trinajstić information content (AvgIpc) is 2.67. The molecule has 1 fully saturated rings. The SMILES string of the molecule is ClCc1nncn1C1CCCSC1. The Labute approximate surface area is 86.9 Å². The van der Waals surface area contributed by atoms with Gasteiger partial charge in [-0.3, -0.25) is 0 Å². The minimum absolute atomic E-state index is 0.459. The van der Waals surface area contributed by atoms with Crippen molar-refractivity contribution in [1.29, 1.82) is 0 Å². The van der Waals surface area contributed by atoms with Gasteiger partial charge in [-0.05, 0) is 18.6 Å². The summed E-state index contributed by atoms with van der Waals surface area (Å²) < 4.78 is 2.12. The van der Waals surface area contributed by atoms with Gasteiger partial charge in [-0.2, -0.15) is 11.8 Å². The van der Waals surface area contributed by atoms with E-state index in [1.807, 2.05) is 11.8 Å². The first-order valence-corrected chi connectivity index (χ1v) is 6.13. The average molecular weight is 218 g/mol. The van der Waals surface area contributed by atoms with Crippen molar-refractivity contribution in [3.63, 3.8) is 0 Å². The van der Waals surface area contributed by atoms with Gasteiger partial charge in [0.15, 0.2) is 0 Å². The Balaban J connectivity index is 2.13. The van der Waals surface area contributed by atoms with Gasteiger partial charge in [-0.15, -0.1) is 21.8 Å². The largest absolute Gasteiger partial charge is 0.313 e. The Morgan fingerprint density at radius 3 is 3.31 bits per heavy atom. The van der Waals surface area contributed by atoms with Crippen LogP contribution >= 0.6 is 23.4 Å². The highest BCUT2D eigenvalue weighted by Crippen LogP contribution is 2.27. The van der Waals surface area contributed by atoms with Crippen LogP contribution in [0.4, 0.5) is 0 Å². The zero-order valence-corrected chi connectivity index (χ0v) is 8.89. The van der Waals surface area contributed by atoms with Crippen molar-refractivity contribution in [2.24, 2.45) is 0 Å². The first kappa shape index (κ1) is 9.34. The molecule has 0 radical (unpaired) electrons. The summed E-state index contributed by atoms with van der Waals surface area (Å²) in [6.07, 6.45) is 4.32. The molecule has 0 bridgehead atoms. The lowest BCUT2D eigenvalue weighted by molar-refractivity contribution is 0.487. The monoisotopic (exact) mass is 217 g/mol. The number of nitrogens with zero attached hydrogens (tertiary/aromatic N) is 3. The molecule has 0 amide bonds. The summed E-state index contributed by atoms with van der Waals surface area (Å²) in [5, 5.41) is 7.87. The standard InChI is InChI=1S/C8H12ClN3S/c9-4-8-11-10-6-12(8)7-2-1-3-13-5-7/h6-7H,1-5H2. The summed E-state index contributed by atoms with van der Waals surface area (Å²) in [6, 6.07) is 0.558. The molecule has 0 saturated carbocycles. The van der Waals surface area contributed by atoms with Crippen LogP contribution in [0.15, 0.2) is 6.33 Å². The molecule has 1 aliphatic rings. The first-order valence-electron chi connectivity index (χ1n) is 4.44. The van der Waals surface area contributed by atoms with Gasteiger partial charge in [0.1, 0.15) is 12.2 Å². The zero-order chi connectivity index (χ0) is 9.10. The number of alkyl halides is 1. The highest BCUT2D eigenvalue weighted by atomic mass is 35.5. The molecule has 1 saturated heterocycles. The number of thioether (sulfide) groups is 1.